The van der Waals surface area contributed by atoms with Crippen LogP contribution in [-0.4, -0.2) is 29.2 Å². The van der Waals surface area contributed by atoms with Gasteiger partial charge >= 0.3 is 0 Å². The molecule has 7 heteroatoms. The standard InChI is InChI=1S/C17H14ClFN2O3/c18-11-6-10(19)3-4-12(11)20-13(22)7-21-16(23)14-8-1-2-9(5-8)15(14)17(21)24/h1-4,6,8-9,14-15H,5,7H2,(H,20,22)/t8-,9-,14-,15+/m0/s1. The van der Waals surface area contributed by atoms with Crippen molar-refractivity contribution in [2.45, 2.75) is 6.42 Å². The van der Waals surface area contributed by atoms with Crippen LogP contribution in [0.2, 0.25) is 5.02 Å². The second-order valence-corrected chi connectivity index (χ2v) is 6.84. The molecule has 5 nitrogen and oxygen atoms in total. The third kappa shape index (κ3) is 2.24. The van der Waals surface area contributed by atoms with Gasteiger partial charge in [0.1, 0.15) is 12.4 Å². The van der Waals surface area contributed by atoms with E-state index in [4.69, 9.17) is 11.6 Å². The minimum absolute atomic E-state index is 0.0570. The quantitative estimate of drug-likeness (QED) is 0.673. The number of likely N-dealkylation sites (tertiary alicyclic amines) is 1. The highest BCUT2D eigenvalue weighted by atomic mass is 35.5. The summed E-state index contributed by atoms with van der Waals surface area (Å²) in [6.45, 7) is -0.349. The number of carbonyl (C=O) groups excluding carboxylic acids is 3. The SMILES string of the molecule is O=C(CN1C(=O)[C@@H]2[C@H](C1=O)[C@H]1C=C[C@H]2C1)Nc1ccc(F)cc1Cl. The number of benzene rings is 1. The van der Waals surface area contributed by atoms with E-state index < -0.39 is 11.7 Å². The van der Waals surface area contributed by atoms with Gasteiger partial charge in [0.2, 0.25) is 17.7 Å². The molecule has 4 atom stereocenters. The number of hydrogen-bond donors (Lipinski definition) is 1. The zero-order valence-electron chi connectivity index (χ0n) is 12.5. The summed E-state index contributed by atoms with van der Waals surface area (Å²) in [6.07, 6.45) is 4.84. The van der Waals surface area contributed by atoms with Crippen molar-refractivity contribution in [1.29, 1.82) is 0 Å². The summed E-state index contributed by atoms with van der Waals surface area (Å²) in [5, 5.41) is 2.57. The van der Waals surface area contributed by atoms with Gasteiger partial charge in [0.15, 0.2) is 0 Å². The second-order valence-electron chi connectivity index (χ2n) is 6.43. The highest BCUT2D eigenvalue weighted by Gasteiger charge is 2.59. The molecule has 124 valence electrons. The number of fused-ring (bicyclic) bond motifs is 5. The average molecular weight is 349 g/mol. The summed E-state index contributed by atoms with van der Waals surface area (Å²) >= 11 is 5.86. The van der Waals surface area contributed by atoms with Gasteiger partial charge in [0.05, 0.1) is 22.5 Å². The number of hydrogen-bond acceptors (Lipinski definition) is 3. The van der Waals surface area contributed by atoms with Gasteiger partial charge in [-0.05, 0) is 36.5 Å². The summed E-state index contributed by atoms with van der Waals surface area (Å²) in [5.74, 6) is -2.04. The van der Waals surface area contributed by atoms with Crippen LogP contribution in [0.15, 0.2) is 30.4 Å². The van der Waals surface area contributed by atoms with Crippen LogP contribution in [0.4, 0.5) is 10.1 Å². The number of allylic oxidation sites excluding steroid dienone is 2. The number of imide groups is 1. The zero-order valence-corrected chi connectivity index (χ0v) is 13.3. The van der Waals surface area contributed by atoms with Crippen molar-refractivity contribution in [3.63, 3.8) is 0 Å². The number of halogens is 2. The summed E-state index contributed by atoms with van der Waals surface area (Å²) in [7, 11) is 0. The molecule has 1 N–H and O–H groups in total. The highest BCUT2D eigenvalue weighted by Crippen LogP contribution is 2.52. The molecule has 1 saturated heterocycles. The minimum Gasteiger partial charge on any atom is -0.323 e. The van der Waals surface area contributed by atoms with Gasteiger partial charge in [-0.3, -0.25) is 19.3 Å². The first kappa shape index (κ1) is 15.3. The maximum Gasteiger partial charge on any atom is 0.244 e. The molecule has 1 aromatic carbocycles. The molecule has 3 aliphatic rings. The van der Waals surface area contributed by atoms with Crippen molar-refractivity contribution in [2.24, 2.45) is 23.7 Å². The first-order valence-corrected chi connectivity index (χ1v) is 8.12. The van der Waals surface area contributed by atoms with E-state index in [1.54, 1.807) is 0 Å². The molecule has 24 heavy (non-hydrogen) atoms. The molecular formula is C17H14ClFN2O3. The molecule has 2 bridgehead atoms. The van der Waals surface area contributed by atoms with Gasteiger partial charge in [-0.15, -0.1) is 0 Å². The third-order valence-electron chi connectivity index (χ3n) is 5.07. The lowest BCUT2D eigenvalue weighted by Crippen LogP contribution is -2.39. The van der Waals surface area contributed by atoms with Crippen LogP contribution in [0, 0.1) is 29.5 Å². The monoisotopic (exact) mass is 348 g/mol. The van der Waals surface area contributed by atoms with Gasteiger partial charge in [0.25, 0.3) is 0 Å². The van der Waals surface area contributed by atoms with E-state index in [0.717, 1.165) is 17.4 Å². The van der Waals surface area contributed by atoms with Gasteiger partial charge in [-0.25, -0.2) is 4.39 Å². The first-order valence-electron chi connectivity index (χ1n) is 7.74. The number of nitrogens with one attached hydrogen (secondary N) is 1. The number of carbonyl (C=O) groups is 3. The average Bonchev–Trinajstić information content (AvgIpc) is 3.20. The van der Waals surface area contributed by atoms with Gasteiger partial charge in [-0.1, -0.05) is 23.8 Å². The number of amides is 3. The lowest BCUT2D eigenvalue weighted by molar-refractivity contribution is -0.143. The van der Waals surface area contributed by atoms with Crippen molar-refractivity contribution in [1.82, 2.24) is 4.90 Å². The van der Waals surface area contributed by atoms with E-state index in [1.807, 2.05) is 12.2 Å². The van der Waals surface area contributed by atoms with E-state index in [0.29, 0.717) is 0 Å². The molecule has 0 aromatic heterocycles. The van der Waals surface area contributed by atoms with Crippen LogP contribution in [0.25, 0.3) is 0 Å². The van der Waals surface area contributed by atoms with Crippen molar-refractivity contribution >= 4 is 35.0 Å². The molecule has 4 rings (SSSR count). The van der Waals surface area contributed by atoms with Crippen LogP contribution in [-0.2, 0) is 14.4 Å². The maximum absolute atomic E-state index is 13.0. The van der Waals surface area contributed by atoms with Crippen molar-refractivity contribution in [2.75, 3.05) is 11.9 Å². The summed E-state index contributed by atoms with van der Waals surface area (Å²) < 4.78 is 13.0. The lowest BCUT2D eigenvalue weighted by atomic mass is 9.85. The second kappa shape index (κ2) is 5.41. The Morgan fingerprint density at radius 1 is 1.21 bits per heavy atom. The molecule has 0 radical (unpaired) electrons. The Labute approximate surface area is 142 Å². The summed E-state index contributed by atoms with van der Waals surface area (Å²) in [5.41, 5.74) is 0.240. The molecule has 1 saturated carbocycles. The Kier molecular flexibility index (Phi) is 3.46. The summed E-state index contributed by atoms with van der Waals surface area (Å²) in [6, 6.07) is 3.58. The van der Waals surface area contributed by atoms with Gasteiger partial charge < -0.3 is 5.32 Å². The third-order valence-corrected chi connectivity index (χ3v) is 5.38. The molecule has 1 aliphatic heterocycles. The fourth-order valence-corrected chi connectivity index (χ4v) is 4.26. The number of rotatable bonds is 3. The largest absolute Gasteiger partial charge is 0.323 e. The van der Waals surface area contributed by atoms with E-state index >= 15 is 0 Å². The molecular weight excluding hydrogens is 335 g/mol. The van der Waals surface area contributed by atoms with Crippen LogP contribution >= 0.6 is 11.6 Å². The molecule has 1 heterocycles. The van der Waals surface area contributed by atoms with E-state index in [9.17, 15) is 18.8 Å². The topological polar surface area (TPSA) is 66.5 Å². The molecule has 1 aromatic rings. The van der Waals surface area contributed by atoms with Crippen LogP contribution in [0.3, 0.4) is 0 Å². The molecule has 0 unspecified atom stereocenters. The molecule has 2 fully saturated rings. The Hall–Kier alpha value is -2.21. The van der Waals surface area contributed by atoms with Crippen LogP contribution < -0.4 is 5.32 Å². The fourth-order valence-electron chi connectivity index (χ4n) is 4.04. The highest BCUT2D eigenvalue weighted by molar-refractivity contribution is 6.33. The van der Waals surface area contributed by atoms with E-state index in [-0.39, 0.29) is 52.7 Å². The van der Waals surface area contributed by atoms with Crippen molar-refractivity contribution < 1.29 is 18.8 Å². The summed E-state index contributed by atoms with van der Waals surface area (Å²) in [4.78, 5) is 38.2. The normalized spacial score (nSPS) is 30.2. The molecule has 2 aliphatic carbocycles. The van der Waals surface area contributed by atoms with Crippen LogP contribution in [0.5, 0.6) is 0 Å². The van der Waals surface area contributed by atoms with E-state index in [2.05, 4.69) is 5.32 Å². The Bertz CT molecular complexity index is 764. The van der Waals surface area contributed by atoms with Gasteiger partial charge in [-0.2, -0.15) is 0 Å². The molecule has 3 amide bonds. The Balaban J connectivity index is 1.47. The van der Waals surface area contributed by atoms with Crippen LogP contribution in [0.1, 0.15) is 6.42 Å². The first-order chi connectivity index (χ1) is 11.5. The van der Waals surface area contributed by atoms with Gasteiger partial charge in [0, 0.05) is 0 Å². The predicted molar refractivity (Wildman–Crippen MR) is 84.5 cm³/mol. The maximum atomic E-state index is 13.0. The fraction of sp³-hybridized carbons (Fsp3) is 0.353. The smallest absolute Gasteiger partial charge is 0.244 e. The lowest BCUT2D eigenvalue weighted by Gasteiger charge is -2.17. The Morgan fingerprint density at radius 2 is 1.83 bits per heavy atom. The zero-order chi connectivity index (χ0) is 17.0. The minimum atomic E-state index is -0.537. The Morgan fingerprint density at radius 3 is 2.42 bits per heavy atom. The molecule has 0 spiro atoms. The predicted octanol–water partition coefficient (Wildman–Crippen LogP) is 2.22. The van der Waals surface area contributed by atoms with Crippen molar-refractivity contribution in [3.8, 4) is 0 Å². The van der Waals surface area contributed by atoms with Crippen molar-refractivity contribution in [3.05, 3.63) is 41.2 Å². The number of nitrogens with zero attached hydrogens (tertiary/aromatic N) is 1. The van der Waals surface area contributed by atoms with E-state index in [1.165, 1.54) is 12.1 Å². The number of anilines is 1.